The van der Waals surface area contributed by atoms with E-state index in [9.17, 15) is 18.0 Å². The molecule has 4 nitrogen and oxygen atoms in total. The van der Waals surface area contributed by atoms with Crippen molar-refractivity contribution in [3.8, 4) is 0 Å². The van der Waals surface area contributed by atoms with Crippen LogP contribution in [0, 0.1) is 23.7 Å². The molecule has 0 aromatic heterocycles. The lowest BCUT2D eigenvalue weighted by Gasteiger charge is -2.28. The standard InChI is InChI=1S/C19H28F2NOP.C11H15F.C3H7N.C2H5N.C2H6/c1-4-15-16(18(23)5-2)9-14(10-17(15)19(20,21)24)12(3)22-11-13-7-6-8-13;1-3-11(12)8-10-6-4-5-9(2)7-10;1-2-3-4;1-2-3;1-2/h9-10,12-13,22H,4-8,11,24H2,1-3H3;4-7,11H,3,8H2,1-2H3;3-4H,2H2,1H3;2-3H,1H3;1-2H3. The molecule has 3 unspecified atom stereocenters. The van der Waals surface area contributed by atoms with E-state index in [1.807, 2.05) is 78.8 Å². The topological polar surface area (TPSA) is 76.8 Å². The Kier molecular flexibility index (Phi) is 25.6. The first-order valence-corrected chi connectivity index (χ1v) is 17.1. The summed E-state index contributed by atoms with van der Waals surface area (Å²) in [5.74, 6) is 0.622. The number of rotatable bonds is 12. The largest absolute Gasteiger partial charge is 0.313 e. The number of ketones is 1. The molecule has 3 N–H and O–H groups in total. The number of halogens is 3. The van der Waals surface area contributed by atoms with Gasteiger partial charge in [-0.05, 0) is 107 Å². The smallest absolute Gasteiger partial charge is 0.284 e. The van der Waals surface area contributed by atoms with Gasteiger partial charge in [-0.2, -0.15) is 8.78 Å². The average Bonchev–Trinajstić information content (AvgIpc) is 3.00. The first-order chi connectivity index (χ1) is 21.3. The third kappa shape index (κ3) is 18.4. The Morgan fingerprint density at radius 2 is 1.69 bits per heavy atom. The molecule has 0 saturated heterocycles. The molecule has 3 rings (SSSR count). The molecule has 0 amide bonds. The van der Waals surface area contributed by atoms with Gasteiger partial charge < -0.3 is 16.1 Å². The van der Waals surface area contributed by atoms with Crippen molar-refractivity contribution in [3.05, 3.63) is 69.8 Å². The van der Waals surface area contributed by atoms with Crippen molar-refractivity contribution in [1.82, 2.24) is 5.32 Å². The number of Topliss-reactive ketones (excluding diaryl/α,β-unsaturated/α-hetero) is 1. The second kappa shape index (κ2) is 25.8. The number of hydrogen-bond donors (Lipinski definition) is 3. The highest BCUT2D eigenvalue weighted by molar-refractivity contribution is 7.17. The van der Waals surface area contributed by atoms with Gasteiger partial charge in [-0.3, -0.25) is 4.79 Å². The Labute approximate surface area is 275 Å². The quantitative estimate of drug-likeness (QED) is 0.121. The molecule has 1 saturated carbocycles. The van der Waals surface area contributed by atoms with E-state index in [2.05, 4.69) is 5.32 Å². The predicted octanol–water partition coefficient (Wildman–Crippen LogP) is 11.2. The van der Waals surface area contributed by atoms with Crippen LogP contribution in [0.25, 0.3) is 0 Å². The summed E-state index contributed by atoms with van der Waals surface area (Å²) in [5, 5.41) is 15.8. The minimum absolute atomic E-state index is 0.0402. The third-order valence-electron chi connectivity index (χ3n) is 7.23. The maximum atomic E-state index is 14.1. The van der Waals surface area contributed by atoms with Crippen molar-refractivity contribution in [2.24, 2.45) is 5.92 Å². The molecule has 1 aliphatic rings. The van der Waals surface area contributed by atoms with E-state index in [0.717, 1.165) is 24.1 Å². The normalized spacial score (nSPS) is 13.4. The molecule has 2 aromatic carbocycles. The SMILES string of the molecule is CC.CC=N.CCC(=O)c1cc(C(C)NCC2CCC2)cc(C(F)(F)P)c1CC.CCC(F)Cc1cccc(C)c1.CCC=N. The molecule has 256 valence electrons. The van der Waals surface area contributed by atoms with Crippen LogP contribution in [-0.4, -0.2) is 30.9 Å². The summed E-state index contributed by atoms with van der Waals surface area (Å²) in [5.41, 5.74) is 0.920. The number of carbonyl (C=O) groups excluding carboxylic acids is 1. The van der Waals surface area contributed by atoms with Crippen LogP contribution in [-0.2, 0) is 18.5 Å². The Balaban J connectivity index is 0. The molecule has 0 radical (unpaired) electrons. The maximum absolute atomic E-state index is 14.1. The molecule has 0 spiro atoms. The summed E-state index contributed by atoms with van der Waals surface area (Å²) >= 11 is 0. The van der Waals surface area contributed by atoms with E-state index >= 15 is 0 Å². The number of alkyl halides is 3. The zero-order valence-electron chi connectivity index (χ0n) is 29.3. The van der Waals surface area contributed by atoms with Crippen LogP contribution in [0.4, 0.5) is 13.2 Å². The van der Waals surface area contributed by atoms with Crippen LogP contribution in [0.1, 0.15) is 138 Å². The van der Waals surface area contributed by atoms with Gasteiger partial charge in [0.05, 0.1) is 0 Å². The van der Waals surface area contributed by atoms with E-state index in [1.54, 1.807) is 29.2 Å². The molecule has 3 atom stereocenters. The third-order valence-corrected chi connectivity index (χ3v) is 7.54. The van der Waals surface area contributed by atoms with Crippen molar-refractivity contribution in [1.29, 1.82) is 10.8 Å². The summed E-state index contributed by atoms with van der Waals surface area (Å²) in [7, 11) is 1.61. The van der Waals surface area contributed by atoms with Gasteiger partial charge in [0.25, 0.3) is 5.66 Å². The monoisotopic (exact) mass is 651 g/mol. The number of nitrogens with one attached hydrogen (secondary N) is 3. The Morgan fingerprint density at radius 1 is 1.11 bits per heavy atom. The molecule has 8 heteroatoms. The van der Waals surface area contributed by atoms with E-state index in [-0.39, 0.29) is 17.4 Å². The number of carbonyl (C=O) groups is 1. The lowest BCUT2D eigenvalue weighted by Crippen LogP contribution is -2.29. The van der Waals surface area contributed by atoms with Crippen LogP contribution in [0.15, 0.2) is 36.4 Å². The first kappa shape index (κ1) is 44.8. The van der Waals surface area contributed by atoms with Crippen LogP contribution in [0.3, 0.4) is 0 Å². The highest BCUT2D eigenvalue weighted by atomic mass is 31.0. The zero-order chi connectivity index (χ0) is 35.0. The van der Waals surface area contributed by atoms with E-state index < -0.39 is 11.8 Å². The zero-order valence-corrected chi connectivity index (χ0v) is 30.5. The minimum Gasteiger partial charge on any atom is -0.313 e. The second-order valence-corrected chi connectivity index (χ2v) is 11.6. The van der Waals surface area contributed by atoms with Gasteiger partial charge in [-0.1, -0.05) is 87.0 Å². The van der Waals surface area contributed by atoms with Crippen molar-refractivity contribution < 1.29 is 18.0 Å². The molecule has 1 aliphatic carbocycles. The lowest BCUT2D eigenvalue weighted by atomic mass is 9.85. The van der Waals surface area contributed by atoms with Gasteiger partial charge >= 0.3 is 0 Å². The molecule has 45 heavy (non-hydrogen) atoms. The average molecular weight is 652 g/mol. The molecular formula is C37H61F3N3OP. The van der Waals surface area contributed by atoms with Crippen molar-refractivity contribution in [2.75, 3.05) is 6.54 Å². The molecule has 1 fully saturated rings. The van der Waals surface area contributed by atoms with Crippen molar-refractivity contribution in [2.45, 2.75) is 132 Å². The fourth-order valence-electron chi connectivity index (χ4n) is 4.46. The Morgan fingerprint density at radius 3 is 2.09 bits per heavy atom. The molecule has 0 bridgehead atoms. The first-order valence-electron chi connectivity index (χ1n) is 16.6. The molecule has 0 heterocycles. The van der Waals surface area contributed by atoms with Crippen LogP contribution in [0.2, 0.25) is 0 Å². The minimum atomic E-state index is -3.03. The van der Waals surface area contributed by atoms with Crippen LogP contribution >= 0.6 is 9.24 Å². The van der Waals surface area contributed by atoms with E-state index in [0.29, 0.717) is 42.7 Å². The van der Waals surface area contributed by atoms with Gasteiger partial charge in [0.1, 0.15) is 6.17 Å². The van der Waals surface area contributed by atoms with Crippen molar-refractivity contribution >= 4 is 27.5 Å². The van der Waals surface area contributed by atoms with Gasteiger partial charge in [0.15, 0.2) is 5.78 Å². The Hall–Kier alpha value is -2.37. The van der Waals surface area contributed by atoms with Gasteiger partial charge in [-0.25, -0.2) is 4.39 Å². The summed E-state index contributed by atoms with van der Waals surface area (Å²) in [4.78, 5) is 12.3. The number of benzene rings is 2. The highest BCUT2D eigenvalue weighted by Gasteiger charge is 2.31. The fourth-order valence-corrected chi connectivity index (χ4v) is 4.72. The summed E-state index contributed by atoms with van der Waals surface area (Å²) < 4.78 is 41.2. The number of hydrogen-bond acceptors (Lipinski definition) is 4. The summed E-state index contributed by atoms with van der Waals surface area (Å²) in [6.07, 6.45) is 8.46. The molecule has 0 aliphatic heterocycles. The van der Waals surface area contributed by atoms with E-state index in [4.69, 9.17) is 10.8 Å². The van der Waals surface area contributed by atoms with Gasteiger partial charge in [0.2, 0.25) is 0 Å². The number of aryl methyl sites for hydroxylation is 1. The predicted molar refractivity (Wildman–Crippen MR) is 193 cm³/mol. The second-order valence-electron chi connectivity index (χ2n) is 10.9. The maximum Gasteiger partial charge on any atom is 0.284 e. The molecular weight excluding hydrogens is 590 g/mol. The summed E-state index contributed by atoms with van der Waals surface area (Å²) in [6.45, 7) is 18.0. The fraction of sp³-hybridized carbons (Fsp3) is 0.595. The molecule has 2 aromatic rings. The van der Waals surface area contributed by atoms with Crippen LogP contribution < -0.4 is 5.32 Å². The van der Waals surface area contributed by atoms with Crippen molar-refractivity contribution in [3.63, 3.8) is 0 Å². The lowest BCUT2D eigenvalue weighted by molar-refractivity contribution is 0.0978. The van der Waals surface area contributed by atoms with Gasteiger partial charge in [-0.15, -0.1) is 0 Å². The van der Waals surface area contributed by atoms with E-state index in [1.165, 1.54) is 37.3 Å². The van der Waals surface area contributed by atoms with Crippen LogP contribution in [0.5, 0.6) is 0 Å². The Bertz CT molecular complexity index is 1100. The summed E-state index contributed by atoms with van der Waals surface area (Å²) in [6, 6.07) is 11.4. The highest BCUT2D eigenvalue weighted by Crippen LogP contribution is 2.40. The van der Waals surface area contributed by atoms with Gasteiger partial charge in [0, 0.05) is 30.0 Å².